The highest BCUT2D eigenvalue weighted by molar-refractivity contribution is 8.00. The van der Waals surface area contributed by atoms with E-state index in [4.69, 9.17) is 11.6 Å². The number of aromatic nitrogens is 3. The van der Waals surface area contributed by atoms with E-state index in [2.05, 4.69) is 25.6 Å². The number of halogens is 1. The van der Waals surface area contributed by atoms with E-state index in [1.54, 1.807) is 17.7 Å². The summed E-state index contributed by atoms with van der Waals surface area (Å²) in [5.41, 5.74) is 3.94. The molecule has 1 N–H and O–H groups in total. The van der Waals surface area contributed by atoms with E-state index in [1.165, 1.54) is 23.1 Å². The number of hydrogen-bond donors (Lipinski definition) is 1. The second-order valence-electron chi connectivity index (χ2n) is 7.17. The average Bonchev–Trinajstić information content (AvgIpc) is 3.48. The van der Waals surface area contributed by atoms with Crippen LogP contribution in [0.15, 0.2) is 76.7 Å². The van der Waals surface area contributed by atoms with Crippen molar-refractivity contribution in [2.75, 3.05) is 5.32 Å². The van der Waals surface area contributed by atoms with Crippen LogP contribution in [0.1, 0.15) is 6.92 Å². The Morgan fingerprint density at radius 1 is 1.00 bits per heavy atom. The van der Waals surface area contributed by atoms with Crippen molar-refractivity contribution >= 4 is 67.3 Å². The number of rotatable bonds is 6. The molecule has 33 heavy (non-hydrogen) atoms. The summed E-state index contributed by atoms with van der Waals surface area (Å²) >= 11 is 10.4. The average molecular weight is 509 g/mol. The molecule has 0 saturated carbocycles. The number of benzene rings is 2. The van der Waals surface area contributed by atoms with Crippen molar-refractivity contribution in [3.05, 3.63) is 76.7 Å². The van der Waals surface area contributed by atoms with E-state index in [1.807, 2.05) is 66.9 Å². The Kier molecular flexibility index (Phi) is 6.41. The molecule has 3 heterocycles. The minimum Gasteiger partial charge on any atom is -0.301 e. The van der Waals surface area contributed by atoms with Crippen molar-refractivity contribution in [2.24, 2.45) is 0 Å². The van der Waals surface area contributed by atoms with Gasteiger partial charge in [-0.2, -0.15) is 0 Å². The minimum absolute atomic E-state index is 0.121. The van der Waals surface area contributed by atoms with E-state index in [-0.39, 0.29) is 11.2 Å². The van der Waals surface area contributed by atoms with E-state index in [9.17, 15) is 4.79 Å². The van der Waals surface area contributed by atoms with Crippen LogP contribution in [0.5, 0.6) is 0 Å². The maximum Gasteiger partial charge on any atom is 0.239 e. The fourth-order valence-corrected chi connectivity index (χ4v) is 6.04. The first-order valence-corrected chi connectivity index (χ1v) is 13.1. The van der Waals surface area contributed by atoms with Gasteiger partial charge in [-0.3, -0.25) is 4.79 Å². The van der Waals surface area contributed by atoms with Gasteiger partial charge >= 0.3 is 0 Å². The number of fused-ring (bicyclic) bond motifs is 1. The Balaban J connectivity index is 1.35. The summed E-state index contributed by atoms with van der Waals surface area (Å²) in [4.78, 5) is 27.3. The van der Waals surface area contributed by atoms with Crippen LogP contribution in [0.4, 0.5) is 5.13 Å². The number of carbonyl (C=O) groups excluding carboxylic acids is 1. The maximum absolute atomic E-state index is 12.9. The van der Waals surface area contributed by atoms with Gasteiger partial charge in [-0.05, 0) is 24.6 Å². The number of thiazole rings is 1. The normalized spacial score (nSPS) is 12.1. The van der Waals surface area contributed by atoms with Crippen molar-refractivity contribution < 1.29 is 4.79 Å². The van der Waals surface area contributed by atoms with E-state index in [0.717, 1.165) is 37.6 Å². The first-order chi connectivity index (χ1) is 16.1. The molecule has 5 rings (SSSR count). The highest BCUT2D eigenvalue weighted by Gasteiger charge is 2.21. The van der Waals surface area contributed by atoms with Gasteiger partial charge in [0, 0.05) is 26.9 Å². The molecule has 0 aliphatic heterocycles. The molecule has 0 saturated heterocycles. The van der Waals surface area contributed by atoms with Crippen LogP contribution in [0.25, 0.3) is 32.6 Å². The van der Waals surface area contributed by atoms with Crippen LogP contribution in [0, 0.1) is 0 Å². The molecule has 0 radical (unpaired) electrons. The summed E-state index contributed by atoms with van der Waals surface area (Å²) in [5, 5.41) is 9.58. The summed E-state index contributed by atoms with van der Waals surface area (Å²) in [6.07, 6.45) is 1.55. The quantitative estimate of drug-likeness (QED) is 0.193. The van der Waals surface area contributed by atoms with Gasteiger partial charge in [0.2, 0.25) is 5.91 Å². The van der Waals surface area contributed by atoms with Gasteiger partial charge in [-0.15, -0.1) is 22.7 Å². The number of nitrogens with zero attached hydrogens (tertiary/aromatic N) is 3. The zero-order valence-electron chi connectivity index (χ0n) is 17.4. The molecule has 3 aromatic heterocycles. The zero-order chi connectivity index (χ0) is 22.8. The molecule has 1 atom stereocenters. The van der Waals surface area contributed by atoms with Gasteiger partial charge in [0.1, 0.15) is 16.2 Å². The Morgan fingerprint density at radius 3 is 2.58 bits per heavy atom. The molecule has 164 valence electrons. The Hall–Kier alpha value is -2.78. The molecule has 0 bridgehead atoms. The second kappa shape index (κ2) is 9.61. The number of carbonyl (C=O) groups is 1. The predicted molar refractivity (Wildman–Crippen MR) is 139 cm³/mol. The first kappa shape index (κ1) is 22.0. The molecule has 5 aromatic rings. The summed E-state index contributed by atoms with van der Waals surface area (Å²) in [6, 6.07) is 17.6. The third kappa shape index (κ3) is 4.79. The molecule has 9 heteroatoms. The van der Waals surface area contributed by atoms with Crippen molar-refractivity contribution in [3.63, 3.8) is 0 Å². The highest BCUT2D eigenvalue weighted by Crippen LogP contribution is 2.39. The van der Waals surface area contributed by atoms with E-state index < -0.39 is 0 Å². The topological polar surface area (TPSA) is 67.8 Å². The van der Waals surface area contributed by atoms with Crippen LogP contribution in [0.2, 0.25) is 5.02 Å². The van der Waals surface area contributed by atoms with Gasteiger partial charge in [-0.25, -0.2) is 15.0 Å². The number of amides is 1. The van der Waals surface area contributed by atoms with Crippen LogP contribution in [-0.2, 0) is 4.79 Å². The maximum atomic E-state index is 12.9. The summed E-state index contributed by atoms with van der Waals surface area (Å²) < 4.78 is 0. The van der Waals surface area contributed by atoms with Gasteiger partial charge in [-0.1, -0.05) is 65.8 Å². The lowest BCUT2D eigenvalue weighted by Gasteiger charge is -2.11. The van der Waals surface area contributed by atoms with Crippen molar-refractivity contribution in [2.45, 2.75) is 17.2 Å². The van der Waals surface area contributed by atoms with Crippen LogP contribution >= 0.6 is 46.0 Å². The number of hydrogen-bond acceptors (Lipinski definition) is 7. The number of thiophene rings is 1. The van der Waals surface area contributed by atoms with Crippen molar-refractivity contribution in [1.82, 2.24) is 15.0 Å². The first-order valence-electron chi connectivity index (χ1n) is 10.0. The Bertz CT molecular complexity index is 1420. The SMILES string of the molecule is CC(Sc1ncnc2scc(-c3ccc(Cl)cc3)c12)C(=O)Nc1nc(-c2ccccc2)cs1. The minimum atomic E-state index is -0.370. The molecule has 1 amide bonds. The number of thioether (sulfide) groups is 1. The zero-order valence-corrected chi connectivity index (χ0v) is 20.6. The Morgan fingerprint density at radius 2 is 1.79 bits per heavy atom. The van der Waals surface area contributed by atoms with Crippen LogP contribution in [0.3, 0.4) is 0 Å². The molecule has 0 aliphatic rings. The van der Waals surface area contributed by atoms with Crippen LogP contribution in [-0.4, -0.2) is 26.1 Å². The summed E-state index contributed by atoms with van der Waals surface area (Å²) in [7, 11) is 0. The van der Waals surface area contributed by atoms with Gasteiger partial charge in [0.25, 0.3) is 0 Å². The smallest absolute Gasteiger partial charge is 0.239 e. The number of anilines is 1. The molecule has 5 nitrogen and oxygen atoms in total. The Labute approximate surface area is 207 Å². The molecular formula is C24H17ClN4OS3. The summed E-state index contributed by atoms with van der Waals surface area (Å²) in [5.74, 6) is -0.121. The lowest BCUT2D eigenvalue weighted by Crippen LogP contribution is -2.22. The van der Waals surface area contributed by atoms with E-state index in [0.29, 0.717) is 10.2 Å². The van der Waals surface area contributed by atoms with Crippen molar-refractivity contribution in [1.29, 1.82) is 0 Å². The van der Waals surface area contributed by atoms with Crippen LogP contribution < -0.4 is 5.32 Å². The van der Waals surface area contributed by atoms with Gasteiger partial charge in [0.05, 0.1) is 16.3 Å². The molecule has 2 aromatic carbocycles. The van der Waals surface area contributed by atoms with E-state index >= 15 is 0 Å². The third-order valence-electron chi connectivity index (χ3n) is 4.95. The molecule has 0 spiro atoms. The molecule has 1 unspecified atom stereocenters. The summed E-state index contributed by atoms with van der Waals surface area (Å²) in [6.45, 7) is 1.87. The highest BCUT2D eigenvalue weighted by atomic mass is 35.5. The fourth-order valence-electron chi connectivity index (χ4n) is 3.28. The molecule has 0 aliphatic carbocycles. The van der Waals surface area contributed by atoms with Gasteiger partial charge in [0.15, 0.2) is 5.13 Å². The lowest BCUT2D eigenvalue weighted by molar-refractivity contribution is -0.115. The molecular weight excluding hydrogens is 492 g/mol. The lowest BCUT2D eigenvalue weighted by atomic mass is 10.1. The molecule has 0 fully saturated rings. The van der Waals surface area contributed by atoms with Gasteiger partial charge < -0.3 is 5.32 Å². The standard InChI is InChI=1S/C24H17ClN4OS3/c1-14(21(30)29-24-28-19(12-32-24)16-5-3-2-4-6-16)33-23-20-18(11-31-22(20)26-13-27-23)15-7-9-17(25)10-8-15/h2-14H,1H3,(H,28,29,30). The largest absolute Gasteiger partial charge is 0.301 e. The number of nitrogens with one attached hydrogen (secondary N) is 1. The fraction of sp³-hybridized carbons (Fsp3) is 0.0833. The monoisotopic (exact) mass is 508 g/mol. The van der Waals surface area contributed by atoms with Crippen molar-refractivity contribution in [3.8, 4) is 22.4 Å². The predicted octanol–water partition coefficient (Wildman–Crippen LogP) is 7.25. The third-order valence-corrected chi connectivity index (χ3v) is 7.95. The second-order valence-corrected chi connectivity index (χ2v) is 10.7.